The van der Waals surface area contributed by atoms with E-state index in [9.17, 15) is 0 Å². The second-order valence-electron chi connectivity index (χ2n) is 4.59. The van der Waals surface area contributed by atoms with Crippen molar-refractivity contribution >= 4 is 11.8 Å². The van der Waals surface area contributed by atoms with Crippen LogP contribution in [0.1, 0.15) is 39.5 Å². The molecule has 0 saturated heterocycles. The van der Waals surface area contributed by atoms with E-state index in [0.29, 0.717) is 4.75 Å². The number of hydrogen-bond acceptors (Lipinski definition) is 1. The first-order valence-corrected chi connectivity index (χ1v) is 5.82. The van der Waals surface area contributed by atoms with Crippen LogP contribution in [0.4, 0.5) is 0 Å². The maximum atomic E-state index is 2.44. The van der Waals surface area contributed by atoms with E-state index in [2.05, 4.69) is 25.6 Å². The highest BCUT2D eigenvalue weighted by Gasteiger charge is 2.37. The molecule has 0 nitrogen and oxygen atoms in total. The Hall–Kier alpha value is 0.350. The molecule has 0 amide bonds. The van der Waals surface area contributed by atoms with Crippen LogP contribution in [0.25, 0.3) is 0 Å². The lowest BCUT2D eigenvalue weighted by atomic mass is 9.86. The Morgan fingerprint density at radius 3 is 2.45 bits per heavy atom. The monoisotopic (exact) mass is 170 g/mol. The molecule has 0 heterocycles. The molecule has 0 aromatic rings. The van der Waals surface area contributed by atoms with Gasteiger partial charge in [0.2, 0.25) is 0 Å². The zero-order chi connectivity index (χ0) is 7.90. The molecule has 2 aliphatic rings. The van der Waals surface area contributed by atoms with Crippen LogP contribution in [0.2, 0.25) is 0 Å². The largest absolute Gasteiger partial charge is 0.155 e. The van der Waals surface area contributed by atoms with Crippen LogP contribution in [0, 0.1) is 11.8 Å². The minimum absolute atomic E-state index is 0.697. The van der Waals surface area contributed by atoms with E-state index >= 15 is 0 Å². The SMILES string of the molecule is CC1CC1CSC1(C)CCC1. The van der Waals surface area contributed by atoms with Crippen molar-refractivity contribution in [3.05, 3.63) is 0 Å². The van der Waals surface area contributed by atoms with Crippen molar-refractivity contribution < 1.29 is 0 Å². The van der Waals surface area contributed by atoms with E-state index in [4.69, 9.17) is 0 Å². The summed E-state index contributed by atoms with van der Waals surface area (Å²) in [5, 5.41) is 0. The van der Waals surface area contributed by atoms with Gasteiger partial charge in [-0.15, -0.1) is 0 Å². The van der Waals surface area contributed by atoms with Gasteiger partial charge in [0.05, 0.1) is 0 Å². The second kappa shape index (κ2) is 2.69. The number of hydrogen-bond donors (Lipinski definition) is 0. The Morgan fingerprint density at radius 1 is 1.45 bits per heavy atom. The highest BCUT2D eigenvalue weighted by molar-refractivity contribution is 8.00. The summed E-state index contributed by atoms with van der Waals surface area (Å²) in [5.74, 6) is 3.57. The normalized spacial score (nSPS) is 39.8. The van der Waals surface area contributed by atoms with E-state index in [-0.39, 0.29) is 0 Å². The molecule has 0 radical (unpaired) electrons. The summed E-state index contributed by atoms with van der Waals surface area (Å²) in [6.45, 7) is 4.82. The highest BCUT2D eigenvalue weighted by Crippen LogP contribution is 2.48. The van der Waals surface area contributed by atoms with Gasteiger partial charge in [0.25, 0.3) is 0 Å². The lowest BCUT2D eigenvalue weighted by Crippen LogP contribution is -2.29. The van der Waals surface area contributed by atoms with Crippen LogP contribution in [-0.4, -0.2) is 10.5 Å². The minimum Gasteiger partial charge on any atom is -0.155 e. The quantitative estimate of drug-likeness (QED) is 0.626. The van der Waals surface area contributed by atoms with Gasteiger partial charge in [-0.1, -0.05) is 20.3 Å². The molecule has 2 fully saturated rings. The van der Waals surface area contributed by atoms with Gasteiger partial charge < -0.3 is 0 Å². The topological polar surface area (TPSA) is 0 Å². The van der Waals surface area contributed by atoms with Crippen LogP contribution in [-0.2, 0) is 0 Å². The van der Waals surface area contributed by atoms with Gasteiger partial charge in [0, 0.05) is 4.75 Å². The maximum absolute atomic E-state index is 2.44. The lowest BCUT2D eigenvalue weighted by Gasteiger charge is -2.37. The summed E-state index contributed by atoms with van der Waals surface area (Å²) in [5.41, 5.74) is 0. The Balaban J connectivity index is 1.66. The predicted molar refractivity (Wildman–Crippen MR) is 52.0 cm³/mol. The standard InChI is InChI=1S/C10H18S/c1-8-6-9(8)7-11-10(2)4-3-5-10/h8-9H,3-7H2,1-2H3. The fourth-order valence-corrected chi connectivity index (χ4v) is 3.42. The first-order valence-electron chi connectivity index (χ1n) is 4.84. The smallest absolute Gasteiger partial charge is 0.0132 e. The molecule has 2 rings (SSSR count). The molecule has 2 saturated carbocycles. The molecule has 2 unspecified atom stereocenters. The van der Waals surface area contributed by atoms with Crippen LogP contribution in [0.5, 0.6) is 0 Å². The first kappa shape index (κ1) is 7.97. The van der Waals surface area contributed by atoms with Gasteiger partial charge in [-0.25, -0.2) is 0 Å². The highest BCUT2D eigenvalue weighted by atomic mass is 32.2. The molecule has 11 heavy (non-hydrogen) atoms. The van der Waals surface area contributed by atoms with Gasteiger partial charge >= 0.3 is 0 Å². The van der Waals surface area contributed by atoms with Crippen LogP contribution in [0.3, 0.4) is 0 Å². The Bertz CT molecular complexity index is 149. The van der Waals surface area contributed by atoms with E-state index in [0.717, 1.165) is 11.8 Å². The van der Waals surface area contributed by atoms with Gasteiger partial charge in [-0.05, 0) is 36.9 Å². The number of rotatable bonds is 3. The van der Waals surface area contributed by atoms with Crippen molar-refractivity contribution in [3.8, 4) is 0 Å². The third-order valence-corrected chi connectivity index (χ3v) is 5.03. The summed E-state index contributed by atoms with van der Waals surface area (Å²) in [6.07, 6.45) is 5.92. The van der Waals surface area contributed by atoms with Gasteiger partial charge in [0.15, 0.2) is 0 Å². The van der Waals surface area contributed by atoms with Gasteiger partial charge in [-0.2, -0.15) is 11.8 Å². The molecule has 0 aromatic carbocycles. The van der Waals surface area contributed by atoms with E-state index < -0.39 is 0 Å². The van der Waals surface area contributed by atoms with E-state index in [1.54, 1.807) is 0 Å². The van der Waals surface area contributed by atoms with Crippen LogP contribution >= 0.6 is 11.8 Å². The molecule has 2 aliphatic carbocycles. The van der Waals surface area contributed by atoms with Crippen molar-refractivity contribution in [2.24, 2.45) is 11.8 Å². The van der Waals surface area contributed by atoms with Crippen molar-refractivity contribution in [2.75, 3.05) is 5.75 Å². The Morgan fingerprint density at radius 2 is 2.09 bits per heavy atom. The Kier molecular flexibility index (Phi) is 1.95. The maximum Gasteiger partial charge on any atom is 0.0132 e. The van der Waals surface area contributed by atoms with Crippen LogP contribution < -0.4 is 0 Å². The molecule has 1 heteroatoms. The zero-order valence-corrected chi connectivity index (χ0v) is 8.41. The van der Waals surface area contributed by atoms with Crippen molar-refractivity contribution in [2.45, 2.75) is 44.3 Å². The molecular weight excluding hydrogens is 152 g/mol. The summed E-state index contributed by atoms with van der Waals surface area (Å²) in [6, 6.07) is 0. The average molecular weight is 170 g/mol. The first-order chi connectivity index (χ1) is 5.20. The predicted octanol–water partition coefficient (Wildman–Crippen LogP) is 3.32. The van der Waals surface area contributed by atoms with Crippen molar-refractivity contribution in [1.82, 2.24) is 0 Å². The summed E-state index contributed by atoms with van der Waals surface area (Å²) >= 11 is 2.24. The van der Waals surface area contributed by atoms with Crippen LogP contribution in [0.15, 0.2) is 0 Å². The van der Waals surface area contributed by atoms with E-state index in [1.807, 2.05) is 0 Å². The third kappa shape index (κ3) is 1.74. The fourth-order valence-electron chi connectivity index (χ4n) is 1.76. The number of thioether (sulfide) groups is 1. The molecule has 0 N–H and O–H groups in total. The molecule has 0 bridgehead atoms. The molecule has 0 aliphatic heterocycles. The van der Waals surface area contributed by atoms with Crippen molar-refractivity contribution in [3.63, 3.8) is 0 Å². The summed E-state index contributed by atoms with van der Waals surface area (Å²) in [4.78, 5) is 0. The summed E-state index contributed by atoms with van der Waals surface area (Å²) < 4.78 is 0.697. The molecule has 0 aromatic heterocycles. The molecule has 2 atom stereocenters. The molecule has 0 spiro atoms. The minimum atomic E-state index is 0.697. The third-order valence-electron chi connectivity index (χ3n) is 3.33. The van der Waals surface area contributed by atoms with Gasteiger partial charge in [-0.3, -0.25) is 0 Å². The zero-order valence-electron chi connectivity index (χ0n) is 7.60. The van der Waals surface area contributed by atoms with Crippen molar-refractivity contribution in [1.29, 1.82) is 0 Å². The fraction of sp³-hybridized carbons (Fsp3) is 1.00. The van der Waals surface area contributed by atoms with Gasteiger partial charge in [0.1, 0.15) is 0 Å². The lowest BCUT2D eigenvalue weighted by molar-refractivity contribution is 0.392. The molecular formula is C10H18S. The van der Waals surface area contributed by atoms with E-state index in [1.165, 1.54) is 31.4 Å². The Labute approximate surface area is 74.1 Å². The second-order valence-corrected chi connectivity index (χ2v) is 6.20. The summed E-state index contributed by atoms with van der Waals surface area (Å²) in [7, 11) is 0. The molecule has 64 valence electrons. The average Bonchev–Trinajstić information content (AvgIpc) is 2.58.